The van der Waals surface area contributed by atoms with Gasteiger partial charge in [-0.05, 0) is 57.0 Å². The lowest BCUT2D eigenvalue weighted by atomic mass is 9.94. The Labute approximate surface area is 164 Å². The lowest BCUT2D eigenvalue weighted by Gasteiger charge is -2.30. The minimum absolute atomic E-state index is 0. The van der Waals surface area contributed by atoms with E-state index in [9.17, 15) is 0 Å². The lowest BCUT2D eigenvalue weighted by molar-refractivity contribution is 0.191. The van der Waals surface area contributed by atoms with Crippen molar-refractivity contribution in [2.45, 2.75) is 57.9 Å². The monoisotopic (exact) mass is 444 g/mol. The molecule has 1 aliphatic carbocycles. The van der Waals surface area contributed by atoms with Crippen LogP contribution in [0, 0.1) is 0 Å². The van der Waals surface area contributed by atoms with Crippen molar-refractivity contribution in [1.29, 1.82) is 0 Å². The Morgan fingerprint density at radius 2 is 2.04 bits per heavy atom. The molecule has 1 aromatic rings. The Morgan fingerprint density at radius 3 is 2.75 bits per heavy atom. The number of hydrogen-bond acceptors (Lipinski definition) is 2. The normalized spacial score (nSPS) is 16.0. The summed E-state index contributed by atoms with van der Waals surface area (Å²) in [5.41, 5.74) is 8.30. The minimum atomic E-state index is 0. The van der Waals surface area contributed by atoms with Crippen LogP contribution in [-0.4, -0.2) is 37.0 Å². The minimum Gasteiger partial charge on any atom is -0.370 e. The van der Waals surface area contributed by atoms with Gasteiger partial charge in [-0.25, -0.2) is 0 Å². The average molecular weight is 444 g/mol. The predicted octanol–water partition coefficient (Wildman–Crippen LogP) is 4.25. The SMILES string of the molecule is CCc1cccc(NC(N)=NCCCN(C)C2CCCCC2)c1.I. The molecule has 0 amide bonds. The molecule has 3 N–H and O–H groups in total. The van der Waals surface area contributed by atoms with E-state index >= 15 is 0 Å². The highest BCUT2D eigenvalue weighted by Crippen LogP contribution is 2.21. The molecule has 1 aromatic carbocycles. The quantitative estimate of drug-likeness (QED) is 0.286. The smallest absolute Gasteiger partial charge is 0.193 e. The van der Waals surface area contributed by atoms with Gasteiger partial charge in [0.2, 0.25) is 0 Å². The number of benzene rings is 1. The van der Waals surface area contributed by atoms with Crippen LogP contribution in [0.15, 0.2) is 29.3 Å². The zero-order chi connectivity index (χ0) is 16.5. The number of nitrogens with zero attached hydrogens (tertiary/aromatic N) is 2. The first-order valence-electron chi connectivity index (χ1n) is 9.05. The van der Waals surface area contributed by atoms with Gasteiger partial charge in [0.25, 0.3) is 0 Å². The van der Waals surface area contributed by atoms with Crippen molar-refractivity contribution in [3.05, 3.63) is 29.8 Å². The maximum Gasteiger partial charge on any atom is 0.193 e. The van der Waals surface area contributed by atoms with Gasteiger partial charge >= 0.3 is 0 Å². The number of anilines is 1. The highest BCUT2D eigenvalue weighted by atomic mass is 127. The van der Waals surface area contributed by atoms with E-state index in [1.54, 1.807) is 0 Å². The molecule has 1 saturated carbocycles. The molecule has 0 aliphatic heterocycles. The zero-order valence-electron chi connectivity index (χ0n) is 15.1. The van der Waals surface area contributed by atoms with E-state index in [1.165, 1.54) is 37.7 Å². The highest BCUT2D eigenvalue weighted by Gasteiger charge is 2.17. The molecule has 0 atom stereocenters. The number of hydrogen-bond donors (Lipinski definition) is 2. The molecule has 2 rings (SSSR count). The molecule has 0 saturated heterocycles. The summed E-state index contributed by atoms with van der Waals surface area (Å²) in [5.74, 6) is 0.513. The molecular weight excluding hydrogens is 411 g/mol. The van der Waals surface area contributed by atoms with Crippen molar-refractivity contribution in [2.75, 3.05) is 25.5 Å². The maximum atomic E-state index is 5.98. The van der Waals surface area contributed by atoms with Gasteiger partial charge < -0.3 is 16.0 Å². The molecule has 0 heterocycles. The summed E-state index contributed by atoms with van der Waals surface area (Å²) >= 11 is 0. The third-order valence-electron chi connectivity index (χ3n) is 4.76. The number of nitrogens with one attached hydrogen (secondary N) is 1. The van der Waals surface area contributed by atoms with Crippen LogP contribution in [-0.2, 0) is 6.42 Å². The van der Waals surface area contributed by atoms with Crippen LogP contribution in [0.5, 0.6) is 0 Å². The van der Waals surface area contributed by atoms with E-state index in [1.807, 2.05) is 12.1 Å². The molecule has 1 fully saturated rings. The van der Waals surface area contributed by atoms with Crippen molar-refractivity contribution < 1.29 is 0 Å². The molecule has 24 heavy (non-hydrogen) atoms. The molecule has 4 nitrogen and oxygen atoms in total. The van der Waals surface area contributed by atoms with Crippen LogP contribution in [0.2, 0.25) is 0 Å². The molecule has 0 bridgehead atoms. The molecule has 1 aliphatic rings. The first-order chi connectivity index (χ1) is 11.2. The Morgan fingerprint density at radius 1 is 1.29 bits per heavy atom. The van der Waals surface area contributed by atoms with E-state index in [0.29, 0.717) is 5.96 Å². The number of guanidine groups is 1. The van der Waals surface area contributed by atoms with Crippen molar-refractivity contribution >= 4 is 35.6 Å². The van der Waals surface area contributed by atoms with E-state index in [2.05, 4.69) is 41.3 Å². The zero-order valence-corrected chi connectivity index (χ0v) is 17.5. The Balaban J connectivity index is 0.00000288. The van der Waals surface area contributed by atoms with Gasteiger partial charge in [0.05, 0.1) is 0 Å². The van der Waals surface area contributed by atoms with Crippen LogP contribution < -0.4 is 11.1 Å². The summed E-state index contributed by atoms with van der Waals surface area (Å²) in [7, 11) is 2.25. The fraction of sp³-hybridized carbons (Fsp3) is 0.632. The summed E-state index contributed by atoms with van der Waals surface area (Å²) in [4.78, 5) is 6.95. The van der Waals surface area contributed by atoms with Gasteiger partial charge in [-0.15, -0.1) is 24.0 Å². The maximum absolute atomic E-state index is 5.98. The number of rotatable bonds is 7. The standard InChI is InChI=1S/C19H32N4.HI/c1-3-16-9-7-10-17(15-16)22-19(20)21-13-8-14-23(2)18-11-5-4-6-12-18;/h7,9-10,15,18H,3-6,8,11-14H2,1-2H3,(H3,20,21,22);1H. The molecule has 0 aromatic heterocycles. The highest BCUT2D eigenvalue weighted by molar-refractivity contribution is 14.0. The van der Waals surface area contributed by atoms with Gasteiger partial charge in [-0.2, -0.15) is 0 Å². The summed E-state index contributed by atoms with van der Waals surface area (Å²) in [6, 6.07) is 9.10. The number of nitrogens with two attached hydrogens (primary N) is 1. The average Bonchev–Trinajstić information content (AvgIpc) is 2.59. The largest absolute Gasteiger partial charge is 0.370 e. The number of halogens is 1. The van der Waals surface area contributed by atoms with Crippen LogP contribution in [0.25, 0.3) is 0 Å². The summed E-state index contributed by atoms with van der Waals surface area (Å²) in [6.07, 6.45) is 9.00. The Hall–Kier alpha value is -0.820. The van der Waals surface area contributed by atoms with Crippen molar-refractivity contribution in [3.63, 3.8) is 0 Å². The Kier molecular flexibility index (Phi) is 10.3. The van der Waals surface area contributed by atoms with Crippen LogP contribution in [0.3, 0.4) is 0 Å². The number of aryl methyl sites for hydroxylation is 1. The van der Waals surface area contributed by atoms with Gasteiger partial charge in [0, 0.05) is 18.3 Å². The second kappa shape index (κ2) is 11.7. The fourth-order valence-corrected chi connectivity index (χ4v) is 3.28. The second-order valence-corrected chi connectivity index (χ2v) is 6.57. The predicted molar refractivity (Wildman–Crippen MR) is 115 cm³/mol. The third kappa shape index (κ3) is 7.38. The second-order valence-electron chi connectivity index (χ2n) is 6.57. The van der Waals surface area contributed by atoms with Crippen LogP contribution in [0.4, 0.5) is 5.69 Å². The van der Waals surface area contributed by atoms with E-state index in [0.717, 1.165) is 37.7 Å². The van der Waals surface area contributed by atoms with E-state index in [-0.39, 0.29) is 24.0 Å². The molecule has 0 spiro atoms. The van der Waals surface area contributed by atoms with E-state index < -0.39 is 0 Å². The van der Waals surface area contributed by atoms with Crippen molar-refractivity contribution in [2.24, 2.45) is 10.7 Å². The van der Waals surface area contributed by atoms with E-state index in [4.69, 9.17) is 5.73 Å². The van der Waals surface area contributed by atoms with Crippen molar-refractivity contribution in [3.8, 4) is 0 Å². The van der Waals surface area contributed by atoms with Crippen LogP contribution >= 0.6 is 24.0 Å². The molecule has 5 heteroatoms. The Bertz CT molecular complexity index is 498. The third-order valence-corrected chi connectivity index (χ3v) is 4.76. The molecule has 0 unspecified atom stereocenters. The van der Waals surface area contributed by atoms with Gasteiger partial charge in [-0.1, -0.05) is 38.3 Å². The summed E-state index contributed by atoms with van der Waals surface area (Å²) < 4.78 is 0. The van der Waals surface area contributed by atoms with Gasteiger partial charge in [-0.3, -0.25) is 4.99 Å². The number of aliphatic imine (C=N–C) groups is 1. The fourth-order valence-electron chi connectivity index (χ4n) is 3.28. The van der Waals surface area contributed by atoms with Gasteiger partial charge in [0.15, 0.2) is 5.96 Å². The summed E-state index contributed by atoms with van der Waals surface area (Å²) in [5, 5.41) is 3.18. The first kappa shape index (κ1) is 21.2. The molecule has 136 valence electrons. The lowest BCUT2D eigenvalue weighted by Crippen LogP contribution is -2.34. The van der Waals surface area contributed by atoms with Gasteiger partial charge in [0.1, 0.15) is 0 Å². The van der Waals surface area contributed by atoms with Crippen LogP contribution in [0.1, 0.15) is 51.0 Å². The first-order valence-corrected chi connectivity index (χ1v) is 9.05. The van der Waals surface area contributed by atoms with Crippen molar-refractivity contribution in [1.82, 2.24) is 4.90 Å². The summed E-state index contributed by atoms with van der Waals surface area (Å²) in [6.45, 7) is 4.04. The topological polar surface area (TPSA) is 53.6 Å². The molecular formula is C19H33IN4. The molecule has 0 radical (unpaired) electrons.